The molecule has 5 rings (SSSR count). The molecule has 2 heterocycles. The fourth-order valence-electron chi connectivity index (χ4n) is 3.86. The number of aromatic nitrogens is 3. The molecule has 14 heteroatoms. The van der Waals surface area contributed by atoms with E-state index in [4.69, 9.17) is 0 Å². The predicted octanol–water partition coefficient (Wildman–Crippen LogP) is 5.40. The van der Waals surface area contributed by atoms with E-state index in [1.165, 1.54) is 41.0 Å². The van der Waals surface area contributed by atoms with Crippen molar-refractivity contribution in [3.8, 4) is 11.4 Å². The molecule has 39 heavy (non-hydrogen) atoms. The Morgan fingerprint density at radius 2 is 1.77 bits per heavy atom. The van der Waals surface area contributed by atoms with Crippen molar-refractivity contribution >= 4 is 51.0 Å². The number of benzene rings is 3. The van der Waals surface area contributed by atoms with E-state index < -0.39 is 28.5 Å². The molecule has 0 saturated heterocycles. The van der Waals surface area contributed by atoms with E-state index in [1.54, 1.807) is 24.3 Å². The van der Waals surface area contributed by atoms with Crippen LogP contribution < -0.4 is 15.6 Å². The molecule has 0 fully saturated rings. The molecule has 0 radical (unpaired) electrons. The van der Waals surface area contributed by atoms with Gasteiger partial charge in [0.15, 0.2) is 5.16 Å². The van der Waals surface area contributed by atoms with Crippen molar-refractivity contribution in [1.82, 2.24) is 14.5 Å². The van der Waals surface area contributed by atoms with E-state index in [2.05, 4.69) is 20.0 Å². The van der Waals surface area contributed by atoms with Gasteiger partial charge in [0.25, 0.3) is 11.2 Å². The van der Waals surface area contributed by atoms with Crippen molar-refractivity contribution in [3.05, 3.63) is 93.3 Å². The minimum atomic E-state index is -4.87. The highest BCUT2D eigenvalue weighted by molar-refractivity contribution is 7.99. The number of ether oxygens (including phenoxy) is 1. The first kappa shape index (κ1) is 25.8. The number of nitrogens with zero attached hydrogens (tertiary/aromatic N) is 3. The fourth-order valence-corrected chi connectivity index (χ4v) is 4.66. The second kappa shape index (κ2) is 10.1. The number of non-ortho nitro benzene ring substituents is 1. The van der Waals surface area contributed by atoms with Crippen LogP contribution in [0.2, 0.25) is 0 Å². The first-order valence-electron chi connectivity index (χ1n) is 11.2. The summed E-state index contributed by atoms with van der Waals surface area (Å²) in [6.07, 6.45) is -4.87. The Hall–Kier alpha value is -4.85. The number of halogens is 3. The Morgan fingerprint density at radius 3 is 2.44 bits per heavy atom. The Balaban J connectivity index is 1.49. The molecule has 0 aliphatic rings. The van der Waals surface area contributed by atoms with Gasteiger partial charge in [-0.05, 0) is 42.5 Å². The lowest BCUT2D eigenvalue weighted by Gasteiger charge is -2.13. The van der Waals surface area contributed by atoms with Gasteiger partial charge in [0.1, 0.15) is 16.8 Å². The van der Waals surface area contributed by atoms with E-state index in [-0.39, 0.29) is 27.8 Å². The maximum Gasteiger partial charge on any atom is 0.573 e. The number of hydrogen-bond donors (Lipinski definition) is 2. The van der Waals surface area contributed by atoms with Crippen LogP contribution in [-0.2, 0) is 4.79 Å². The van der Waals surface area contributed by atoms with Crippen LogP contribution in [0.5, 0.6) is 5.75 Å². The zero-order chi connectivity index (χ0) is 27.7. The van der Waals surface area contributed by atoms with Gasteiger partial charge >= 0.3 is 6.36 Å². The first-order chi connectivity index (χ1) is 18.6. The van der Waals surface area contributed by atoms with Crippen molar-refractivity contribution in [2.45, 2.75) is 11.5 Å². The number of para-hydroxylation sites is 1. The minimum Gasteiger partial charge on any atom is -0.406 e. The molecule has 0 saturated carbocycles. The van der Waals surface area contributed by atoms with Gasteiger partial charge in [-0.2, -0.15) is 0 Å². The molecule has 5 aromatic rings. The standard InChI is InChI=1S/C25H16F3N5O5S/c26-25(27,28)38-17-11-9-15(10-12-17)32-23(35)22-21(18-3-1-2-4-19(18)30-22)31-24(32)39-13-20(34)29-14-5-7-16(8-6-14)33(36)37/h1-12,30H,13H2,(H,29,34). The lowest BCUT2D eigenvalue weighted by molar-refractivity contribution is -0.384. The number of carbonyl (C=O) groups excluding carboxylic acids is 1. The lowest BCUT2D eigenvalue weighted by atomic mass is 10.2. The Morgan fingerprint density at radius 1 is 1.08 bits per heavy atom. The molecule has 0 aliphatic carbocycles. The van der Waals surface area contributed by atoms with E-state index in [9.17, 15) is 32.9 Å². The van der Waals surface area contributed by atoms with Crippen LogP contribution in [0.3, 0.4) is 0 Å². The highest BCUT2D eigenvalue weighted by Gasteiger charge is 2.31. The van der Waals surface area contributed by atoms with Crippen LogP contribution in [0.25, 0.3) is 27.6 Å². The largest absolute Gasteiger partial charge is 0.573 e. The zero-order valence-corrected chi connectivity index (χ0v) is 20.4. The number of rotatable bonds is 7. The smallest absolute Gasteiger partial charge is 0.406 e. The number of aromatic amines is 1. The molecule has 0 spiro atoms. The molecule has 10 nitrogen and oxygen atoms in total. The first-order valence-corrected chi connectivity index (χ1v) is 12.1. The molecule has 3 aromatic carbocycles. The van der Waals surface area contributed by atoms with Crippen molar-refractivity contribution in [2.75, 3.05) is 11.1 Å². The average Bonchev–Trinajstić information content (AvgIpc) is 3.27. The zero-order valence-electron chi connectivity index (χ0n) is 19.6. The quantitative estimate of drug-likeness (QED) is 0.119. The molecule has 0 atom stereocenters. The van der Waals surface area contributed by atoms with Crippen LogP contribution in [0.1, 0.15) is 0 Å². The highest BCUT2D eigenvalue weighted by atomic mass is 32.2. The number of nitrogens with one attached hydrogen (secondary N) is 2. The minimum absolute atomic E-state index is 0.126. The van der Waals surface area contributed by atoms with Crippen LogP contribution in [-0.4, -0.2) is 37.5 Å². The maximum atomic E-state index is 13.6. The highest BCUT2D eigenvalue weighted by Crippen LogP contribution is 2.28. The van der Waals surface area contributed by atoms with Gasteiger partial charge in [-0.25, -0.2) is 4.98 Å². The number of alkyl halides is 3. The number of carbonyl (C=O) groups is 1. The summed E-state index contributed by atoms with van der Waals surface area (Å²) in [5, 5.41) is 14.3. The number of fused-ring (bicyclic) bond motifs is 3. The van der Waals surface area contributed by atoms with Gasteiger partial charge in [0.05, 0.1) is 16.4 Å². The third kappa shape index (κ3) is 5.55. The lowest BCUT2D eigenvalue weighted by Crippen LogP contribution is -2.23. The summed E-state index contributed by atoms with van der Waals surface area (Å²) in [7, 11) is 0. The number of anilines is 1. The van der Waals surface area contributed by atoms with Crippen molar-refractivity contribution in [2.24, 2.45) is 0 Å². The third-order valence-electron chi connectivity index (χ3n) is 5.52. The summed E-state index contributed by atoms with van der Waals surface area (Å²) in [5.74, 6) is -1.12. The van der Waals surface area contributed by atoms with Crippen molar-refractivity contribution in [3.63, 3.8) is 0 Å². The summed E-state index contributed by atoms with van der Waals surface area (Å²) < 4.78 is 42.9. The Labute approximate surface area is 220 Å². The normalized spacial score (nSPS) is 11.6. The number of nitro groups is 1. The summed E-state index contributed by atoms with van der Waals surface area (Å²) in [6.45, 7) is 0. The molecule has 2 aromatic heterocycles. The number of H-pyrrole nitrogens is 1. The van der Waals surface area contributed by atoms with Crippen LogP contribution in [0.4, 0.5) is 24.5 Å². The second-order valence-corrected chi connectivity index (χ2v) is 9.05. The van der Waals surface area contributed by atoms with Gasteiger partial charge in [-0.15, -0.1) is 13.2 Å². The second-order valence-electron chi connectivity index (χ2n) is 8.11. The van der Waals surface area contributed by atoms with Gasteiger partial charge < -0.3 is 15.0 Å². The fraction of sp³-hybridized carbons (Fsp3) is 0.0800. The number of nitro benzene ring substituents is 1. The van der Waals surface area contributed by atoms with Crippen LogP contribution >= 0.6 is 11.8 Å². The van der Waals surface area contributed by atoms with E-state index in [1.807, 2.05) is 0 Å². The SMILES string of the molecule is O=C(CSc1nc2c([nH]c3ccccc32)c(=O)n1-c1ccc(OC(F)(F)F)cc1)Nc1ccc([N+](=O)[O-])cc1. The summed E-state index contributed by atoms with van der Waals surface area (Å²) in [4.78, 5) is 44.1. The van der Waals surface area contributed by atoms with Crippen molar-refractivity contribution < 1.29 is 27.6 Å². The number of thioether (sulfide) groups is 1. The van der Waals surface area contributed by atoms with Crippen molar-refractivity contribution in [1.29, 1.82) is 0 Å². The molecular formula is C25H16F3N5O5S. The average molecular weight is 555 g/mol. The third-order valence-corrected chi connectivity index (χ3v) is 6.46. The number of hydrogen-bond acceptors (Lipinski definition) is 7. The molecule has 0 aliphatic heterocycles. The van der Waals surface area contributed by atoms with Gasteiger partial charge in [0, 0.05) is 28.7 Å². The summed E-state index contributed by atoms with van der Waals surface area (Å²) in [6, 6.07) is 17.1. The molecule has 0 bridgehead atoms. The molecule has 0 unspecified atom stereocenters. The van der Waals surface area contributed by atoms with Gasteiger partial charge in [0.2, 0.25) is 5.91 Å². The molecule has 1 amide bonds. The molecular weight excluding hydrogens is 539 g/mol. The topological polar surface area (TPSA) is 132 Å². The van der Waals surface area contributed by atoms with Crippen LogP contribution in [0.15, 0.2) is 82.7 Å². The Kier molecular flexibility index (Phi) is 6.70. The Bertz CT molecular complexity index is 1770. The van der Waals surface area contributed by atoms with E-state index >= 15 is 0 Å². The maximum absolute atomic E-state index is 13.6. The van der Waals surface area contributed by atoms with E-state index in [0.29, 0.717) is 22.1 Å². The number of amides is 1. The van der Waals surface area contributed by atoms with Gasteiger partial charge in [-0.1, -0.05) is 30.0 Å². The van der Waals surface area contributed by atoms with E-state index in [0.717, 1.165) is 23.9 Å². The summed E-state index contributed by atoms with van der Waals surface area (Å²) >= 11 is 0.939. The monoisotopic (exact) mass is 555 g/mol. The summed E-state index contributed by atoms with van der Waals surface area (Å²) in [5.41, 5.74) is 1.13. The van der Waals surface area contributed by atoms with Crippen LogP contribution in [0, 0.1) is 10.1 Å². The predicted molar refractivity (Wildman–Crippen MR) is 138 cm³/mol. The molecule has 198 valence electrons. The van der Waals surface area contributed by atoms with Gasteiger partial charge in [-0.3, -0.25) is 24.3 Å². The molecule has 2 N–H and O–H groups in total.